The molecule has 0 aliphatic heterocycles. The van der Waals surface area contributed by atoms with E-state index in [1.54, 1.807) is 7.11 Å². The molecule has 0 spiro atoms. The summed E-state index contributed by atoms with van der Waals surface area (Å²) < 4.78 is 10.9. The van der Waals surface area contributed by atoms with E-state index < -0.39 is 0 Å². The second kappa shape index (κ2) is 6.44. The van der Waals surface area contributed by atoms with Gasteiger partial charge in [0.1, 0.15) is 18.1 Å². The molecule has 3 nitrogen and oxygen atoms in total. The Bertz CT molecular complexity index is 581. The summed E-state index contributed by atoms with van der Waals surface area (Å²) >= 11 is 0. The number of hydrogen-bond donors (Lipinski definition) is 1. The van der Waals surface area contributed by atoms with Gasteiger partial charge in [-0.2, -0.15) is 0 Å². The average molecular weight is 271 g/mol. The van der Waals surface area contributed by atoms with Gasteiger partial charge < -0.3 is 15.2 Å². The van der Waals surface area contributed by atoms with Crippen molar-refractivity contribution in [1.29, 1.82) is 0 Å². The van der Waals surface area contributed by atoms with Crippen LogP contribution >= 0.6 is 0 Å². The highest BCUT2D eigenvalue weighted by Crippen LogP contribution is 2.22. The standard InChI is InChI=1S/C17H21NO2/c1-12-7-8-16(13(2)9-12)17(18)11-20-15-6-4-5-14(10-15)19-3/h4-10,17H,11,18H2,1-3H3. The number of ether oxygens (including phenoxy) is 2. The van der Waals surface area contributed by atoms with Gasteiger partial charge >= 0.3 is 0 Å². The summed E-state index contributed by atoms with van der Waals surface area (Å²) in [5.41, 5.74) is 9.78. The average Bonchev–Trinajstić information content (AvgIpc) is 2.45. The van der Waals surface area contributed by atoms with Crippen LogP contribution in [0, 0.1) is 13.8 Å². The lowest BCUT2D eigenvalue weighted by atomic mass is 10.0. The van der Waals surface area contributed by atoms with Gasteiger partial charge in [0.25, 0.3) is 0 Å². The molecule has 2 aromatic carbocycles. The van der Waals surface area contributed by atoms with E-state index in [-0.39, 0.29) is 6.04 Å². The minimum Gasteiger partial charge on any atom is -0.497 e. The van der Waals surface area contributed by atoms with Gasteiger partial charge in [0.15, 0.2) is 0 Å². The van der Waals surface area contributed by atoms with Crippen LogP contribution in [-0.4, -0.2) is 13.7 Å². The highest BCUT2D eigenvalue weighted by molar-refractivity contribution is 5.34. The molecule has 0 aliphatic carbocycles. The van der Waals surface area contributed by atoms with Gasteiger partial charge in [-0.1, -0.05) is 29.8 Å². The Kier molecular flexibility index (Phi) is 4.64. The maximum absolute atomic E-state index is 6.21. The molecule has 106 valence electrons. The number of hydrogen-bond acceptors (Lipinski definition) is 3. The molecule has 0 saturated carbocycles. The Morgan fingerprint density at radius 1 is 1.05 bits per heavy atom. The number of aryl methyl sites for hydroxylation is 2. The zero-order chi connectivity index (χ0) is 14.5. The minimum absolute atomic E-state index is 0.137. The van der Waals surface area contributed by atoms with Crippen molar-refractivity contribution in [3.63, 3.8) is 0 Å². The van der Waals surface area contributed by atoms with Crippen molar-refractivity contribution in [1.82, 2.24) is 0 Å². The summed E-state index contributed by atoms with van der Waals surface area (Å²) in [7, 11) is 1.64. The number of rotatable bonds is 5. The first-order valence-electron chi connectivity index (χ1n) is 6.69. The Labute approximate surface area is 120 Å². The van der Waals surface area contributed by atoms with Gasteiger partial charge in [-0.25, -0.2) is 0 Å². The quantitative estimate of drug-likeness (QED) is 0.906. The third kappa shape index (κ3) is 3.52. The molecule has 0 radical (unpaired) electrons. The third-order valence-electron chi connectivity index (χ3n) is 3.30. The molecule has 1 unspecified atom stereocenters. The molecule has 0 bridgehead atoms. The molecule has 1 atom stereocenters. The molecule has 0 aromatic heterocycles. The van der Waals surface area contributed by atoms with Gasteiger partial charge in [-0.15, -0.1) is 0 Å². The van der Waals surface area contributed by atoms with E-state index >= 15 is 0 Å². The van der Waals surface area contributed by atoms with Crippen LogP contribution in [0.2, 0.25) is 0 Å². The summed E-state index contributed by atoms with van der Waals surface area (Å²) in [4.78, 5) is 0. The first-order chi connectivity index (χ1) is 9.60. The molecule has 0 saturated heterocycles. The van der Waals surface area contributed by atoms with Crippen LogP contribution in [0.5, 0.6) is 11.5 Å². The fraction of sp³-hybridized carbons (Fsp3) is 0.294. The van der Waals surface area contributed by atoms with E-state index in [0.717, 1.165) is 17.1 Å². The fourth-order valence-electron chi connectivity index (χ4n) is 2.21. The Hall–Kier alpha value is -2.00. The van der Waals surface area contributed by atoms with Crippen molar-refractivity contribution in [3.05, 3.63) is 59.2 Å². The van der Waals surface area contributed by atoms with Crippen molar-refractivity contribution >= 4 is 0 Å². The lowest BCUT2D eigenvalue weighted by Crippen LogP contribution is -2.20. The van der Waals surface area contributed by atoms with Crippen molar-refractivity contribution in [2.75, 3.05) is 13.7 Å². The van der Waals surface area contributed by atoms with Crippen LogP contribution in [0.3, 0.4) is 0 Å². The second-order valence-electron chi connectivity index (χ2n) is 4.96. The Balaban J connectivity index is 2.02. The first kappa shape index (κ1) is 14.4. The van der Waals surface area contributed by atoms with Crippen molar-refractivity contribution < 1.29 is 9.47 Å². The summed E-state index contributed by atoms with van der Waals surface area (Å²) in [5.74, 6) is 1.55. The molecule has 0 aliphatic rings. The predicted molar refractivity (Wildman–Crippen MR) is 81.3 cm³/mol. The topological polar surface area (TPSA) is 44.5 Å². The fourth-order valence-corrected chi connectivity index (χ4v) is 2.21. The van der Waals surface area contributed by atoms with Crippen molar-refractivity contribution in [3.8, 4) is 11.5 Å². The van der Waals surface area contributed by atoms with Gasteiger partial charge in [-0.3, -0.25) is 0 Å². The van der Waals surface area contributed by atoms with Crippen LogP contribution in [0.1, 0.15) is 22.7 Å². The van der Waals surface area contributed by atoms with Gasteiger partial charge in [0, 0.05) is 6.07 Å². The molecular weight excluding hydrogens is 250 g/mol. The van der Waals surface area contributed by atoms with Crippen LogP contribution in [0.4, 0.5) is 0 Å². The predicted octanol–water partition coefficient (Wildman–Crippen LogP) is 3.39. The van der Waals surface area contributed by atoms with Gasteiger partial charge in [0.2, 0.25) is 0 Å². The number of benzene rings is 2. The molecule has 3 heteroatoms. The molecule has 0 fully saturated rings. The summed E-state index contributed by atoms with van der Waals surface area (Å²) in [5, 5.41) is 0. The lowest BCUT2D eigenvalue weighted by molar-refractivity contribution is 0.288. The summed E-state index contributed by atoms with van der Waals surface area (Å²) in [6.45, 7) is 4.60. The molecule has 2 N–H and O–H groups in total. The highest BCUT2D eigenvalue weighted by atomic mass is 16.5. The van der Waals surface area contributed by atoms with Gasteiger partial charge in [-0.05, 0) is 37.1 Å². The van der Waals surface area contributed by atoms with Crippen LogP contribution < -0.4 is 15.2 Å². The normalized spacial score (nSPS) is 12.0. The molecule has 2 rings (SSSR count). The molecule has 0 amide bonds. The van der Waals surface area contributed by atoms with Crippen LogP contribution in [0.25, 0.3) is 0 Å². The lowest BCUT2D eigenvalue weighted by Gasteiger charge is -2.16. The van der Waals surface area contributed by atoms with E-state index in [1.807, 2.05) is 24.3 Å². The Morgan fingerprint density at radius 3 is 2.50 bits per heavy atom. The number of methoxy groups -OCH3 is 1. The molecule has 2 aromatic rings. The SMILES string of the molecule is COc1cccc(OCC(N)c2ccc(C)cc2C)c1. The zero-order valence-electron chi connectivity index (χ0n) is 12.2. The van der Waals surface area contributed by atoms with Crippen LogP contribution in [-0.2, 0) is 0 Å². The highest BCUT2D eigenvalue weighted by Gasteiger charge is 2.10. The maximum Gasteiger partial charge on any atom is 0.123 e. The third-order valence-corrected chi connectivity index (χ3v) is 3.30. The minimum atomic E-state index is -0.137. The van der Waals surface area contributed by atoms with Crippen LogP contribution in [0.15, 0.2) is 42.5 Å². The molecule has 0 heterocycles. The van der Waals surface area contributed by atoms with E-state index in [9.17, 15) is 0 Å². The summed E-state index contributed by atoms with van der Waals surface area (Å²) in [6.07, 6.45) is 0. The van der Waals surface area contributed by atoms with Gasteiger partial charge in [0.05, 0.1) is 13.2 Å². The largest absolute Gasteiger partial charge is 0.497 e. The Morgan fingerprint density at radius 2 is 1.80 bits per heavy atom. The van der Waals surface area contributed by atoms with E-state index in [1.165, 1.54) is 11.1 Å². The van der Waals surface area contributed by atoms with E-state index in [0.29, 0.717) is 6.61 Å². The molecule has 20 heavy (non-hydrogen) atoms. The van der Waals surface area contributed by atoms with E-state index in [4.69, 9.17) is 15.2 Å². The zero-order valence-corrected chi connectivity index (χ0v) is 12.2. The molecular formula is C17H21NO2. The monoisotopic (exact) mass is 271 g/mol. The van der Waals surface area contributed by atoms with E-state index in [2.05, 4.69) is 32.0 Å². The summed E-state index contributed by atoms with van der Waals surface area (Å²) in [6, 6.07) is 13.7. The maximum atomic E-state index is 6.21. The smallest absolute Gasteiger partial charge is 0.123 e. The first-order valence-corrected chi connectivity index (χ1v) is 6.69. The van der Waals surface area contributed by atoms with Crippen molar-refractivity contribution in [2.45, 2.75) is 19.9 Å². The second-order valence-corrected chi connectivity index (χ2v) is 4.96. The number of nitrogens with two attached hydrogens (primary N) is 1. The van der Waals surface area contributed by atoms with Crippen molar-refractivity contribution in [2.24, 2.45) is 5.73 Å².